The zero-order chi connectivity index (χ0) is 15.8. The molecule has 1 saturated heterocycles. The Labute approximate surface area is 135 Å². The molecule has 2 aromatic heterocycles. The van der Waals surface area contributed by atoms with Crippen LogP contribution in [-0.4, -0.2) is 32.8 Å². The lowest BCUT2D eigenvalue weighted by atomic mass is 9.97. The lowest BCUT2D eigenvalue weighted by molar-refractivity contribution is 0.469. The maximum atomic E-state index is 9.20. The second-order valence-electron chi connectivity index (χ2n) is 6.56. The van der Waals surface area contributed by atoms with E-state index in [9.17, 15) is 5.26 Å². The van der Waals surface area contributed by atoms with E-state index < -0.39 is 0 Å². The molecule has 2 aliphatic rings. The zero-order valence-electron chi connectivity index (χ0n) is 13.3. The number of aryl methyl sites for hydroxylation is 1. The molecule has 0 aromatic carbocycles. The van der Waals surface area contributed by atoms with Crippen molar-refractivity contribution in [1.29, 1.82) is 5.26 Å². The van der Waals surface area contributed by atoms with E-state index in [1.165, 1.54) is 12.8 Å². The smallest absolute Gasteiger partial charge is 0.145 e. The van der Waals surface area contributed by atoms with Crippen molar-refractivity contribution < 1.29 is 0 Å². The Morgan fingerprint density at radius 1 is 1.26 bits per heavy atom. The Hall–Kier alpha value is -2.42. The minimum Gasteiger partial charge on any atom is -0.356 e. The van der Waals surface area contributed by atoms with Crippen molar-refractivity contribution in [3.05, 3.63) is 35.5 Å². The van der Waals surface area contributed by atoms with E-state index in [1.807, 2.05) is 25.4 Å². The van der Waals surface area contributed by atoms with Crippen LogP contribution >= 0.6 is 0 Å². The van der Waals surface area contributed by atoms with Crippen LogP contribution in [0.1, 0.15) is 54.7 Å². The summed E-state index contributed by atoms with van der Waals surface area (Å²) in [5.74, 6) is 2.40. The summed E-state index contributed by atoms with van der Waals surface area (Å²) in [6.45, 7) is 3.80. The van der Waals surface area contributed by atoms with Crippen molar-refractivity contribution in [2.45, 2.75) is 44.6 Å². The largest absolute Gasteiger partial charge is 0.356 e. The van der Waals surface area contributed by atoms with Crippen LogP contribution in [0, 0.1) is 18.3 Å². The maximum Gasteiger partial charge on any atom is 0.145 e. The molecule has 6 nitrogen and oxygen atoms in total. The lowest BCUT2D eigenvalue weighted by Gasteiger charge is -2.33. The van der Waals surface area contributed by atoms with Crippen molar-refractivity contribution in [1.82, 2.24) is 19.7 Å². The summed E-state index contributed by atoms with van der Waals surface area (Å²) in [6.07, 6.45) is 6.61. The minimum atomic E-state index is 0.389. The number of piperidine rings is 1. The van der Waals surface area contributed by atoms with Gasteiger partial charge in [0, 0.05) is 25.0 Å². The number of hydrogen-bond acceptors (Lipinski definition) is 5. The third kappa shape index (κ3) is 2.67. The van der Waals surface area contributed by atoms with E-state index in [4.69, 9.17) is 0 Å². The van der Waals surface area contributed by atoms with Crippen LogP contribution in [-0.2, 0) is 0 Å². The molecule has 1 aliphatic carbocycles. The van der Waals surface area contributed by atoms with Crippen molar-refractivity contribution in [2.75, 3.05) is 18.0 Å². The third-order valence-electron chi connectivity index (χ3n) is 4.84. The molecule has 1 atom stereocenters. The number of aromatic nitrogens is 4. The van der Waals surface area contributed by atoms with Gasteiger partial charge >= 0.3 is 0 Å². The Kier molecular flexibility index (Phi) is 3.49. The fourth-order valence-electron chi connectivity index (χ4n) is 3.38. The van der Waals surface area contributed by atoms with Crippen molar-refractivity contribution in [3.63, 3.8) is 0 Å². The van der Waals surface area contributed by atoms with Crippen LogP contribution in [0.25, 0.3) is 0 Å². The summed E-state index contributed by atoms with van der Waals surface area (Å²) in [4.78, 5) is 6.80. The minimum absolute atomic E-state index is 0.389. The van der Waals surface area contributed by atoms with E-state index in [2.05, 4.69) is 30.7 Å². The molecule has 0 amide bonds. The third-order valence-corrected chi connectivity index (χ3v) is 4.84. The van der Waals surface area contributed by atoms with Gasteiger partial charge in [-0.1, -0.05) is 6.07 Å². The van der Waals surface area contributed by atoms with Crippen molar-refractivity contribution in [3.8, 4) is 6.07 Å². The van der Waals surface area contributed by atoms with Crippen LogP contribution in [0.5, 0.6) is 0 Å². The molecule has 1 aliphatic heterocycles. The Bertz CT molecular complexity index is 755. The van der Waals surface area contributed by atoms with E-state index in [0.717, 1.165) is 43.1 Å². The Balaban J connectivity index is 1.57. The van der Waals surface area contributed by atoms with Crippen LogP contribution in [0.2, 0.25) is 0 Å². The van der Waals surface area contributed by atoms with Crippen molar-refractivity contribution in [2.24, 2.45) is 0 Å². The number of pyridine rings is 1. The lowest BCUT2D eigenvalue weighted by Crippen LogP contribution is -2.36. The topological polar surface area (TPSA) is 70.6 Å². The predicted molar refractivity (Wildman–Crippen MR) is 86.2 cm³/mol. The van der Waals surface area contributed by atoms with Gasteiger partial charge in [-0.25, -0.2) is 4.98 Å². The summed E-state index contributed by atoms with van der Waals surface area (Å²) >= 11 is 0. The van der Waals surface area contributed by atoms with Crippen LogP contribution < -0.4 is 4.90 Å². The molecule has 6 heteroatoms. The highest BCUT2D eigenvalue weighted by molar-refractivity contribution is 5.45. The monoisotopic (exact) mass is 308 g/mol. The van der Waals surface area contributed by atoms with Gasteiger partial charge in [0.05, 0.1) is 0 Å². The van der Waals surface area contributed by atoms with Gasteiger partial charge in [0.1, 0.15) is 29.7 Å². The highest BCUT2D eigenvalue weighted by Gasteiger charge is 2.31. The van der Waals surface area contributed by atoms with Crippen LogP contribution in [0.15, 0.2) is 18.5 Å². The van der Waals surface area contributed by atoms with Crippen LogP contribution in [0.3, 0.4) is 0 Å². The summed E-state index contributed by atoms with van der Waals surface area (Å²) in [5, 5.41) is 17.7. The second kappa shape index (κ2) is 5.65. The van der Waals surface area contributed by atoms with Gasteiger partial charge in [-0.05, 0) is 44.2 Å². The molecule has 0 radical (unpaired) electrons. The summed E-state index contributed by atoms with van der Waals surface area (Å²) in [7, 11) is 0. The Morgan fingerprint density at radius 2 is 2.13 bits per heavy atom. The number of anilines is 1. The van der Waals surface area contributed by atoms with Gasteiger partial charge in [-0.3, -0.25) is 0 Å². The summed E-state index contributed by atoms with van der Waals surface area (Å²) < 4.78 is 2.26. The summed E-state index contributed by atoms with van der Waals surface area (Å²) in [6, 6.07) is 6.79. The van der Waals surface area contributed by atoms with Gasteiger partial charge in [0.25, 0.3) is 0 Å². The van der Waals surface area contributed by atoms with E-state index in [1.54, 1.807) is 0 Å². The first-order chi connectivity index (χ1) is 11.3. The fourth-order valence-corrected chi connectivity index (χ4v) is 3.38. The van der Waals surface area contributed by atoms with Gasteiger partial charge in [0.15, 0.2) is 0 Å². The first-order valence-corrected chi connectivity index (χ1v) is 8.28. The molecule has 118 valence electrons. The first-order valence-electron chi connectivity index (χ1n) is 8.28. The number of nitriles is 1. The molecule has 1 unspecified atom stereocenters. The first kappa shape index (κ1) is 14.2. The van der Waals surface area contributed by atoms with E-state index in [-0.39, 0.29) is 0 Å². The normalized spacial score (nSPS) is 21.2. The molecule has 0 N–H and O–H groups in total. The number of nitrogens with zero attached hydrogens (tertiary/aromatic N) is 6. The molecule has 0 spiro atoms. The molecule has 1 saturated carbocycles. The molecule has 0 bridgehead atoms. The predicted octanol–water partition coefficient (Wildman–Crippen LogP) is 2.57. The zero-order valence-corrected chi connectivity index (χ0v) is 13.3. The quantitative estimate of drug-likeness (QED) is 0.871. The molecule has 4 rings (SSSR count). The molecular formula is C17H20N6. The summed E-state index contributed by atoms with van der Waals surface area (Å²) in [5.41, 5.74) is 1.45. The fraction of sp³-hybridized carbons (Fsp3) is 0.529. The highest BCUT2D eigenvalue weighted by Crippen LogP contribution is 2.38. The molecule has 3 heterocycles. The van der Waals surface area contributed by atoms with Gasteiger partial charge in [0.2, 0.25) is 0 Å². The van der Waals surface area contributed by atoms with E-state index >= 15 is 0 Å². The molecule has 23 heavy (non-hydrogen) atoms. The highest BCUT2D eigenvalue weighted by atomic mass is 15.3. The second-order valence-corrected chi connectivity index (χ2v) is 6.56. The average molecular weight is 308 g/mol. The number of rotatable bonds is 3. The SMILES string of the molecule is Cc1ccc(N2CCCC(c3nncn3C3CC3)C2)nc1C#N. The van der Waals surface area contributed by atoms with Crippen LogP contribution in [0.4, 0.5) is 5.82 Å². The van der Waals surface area contributed by atoms with E-state index in [0.29, 0.717) is 17.7 Å². The van der Waals surface area contributed by atoms with Crippen molar-refractivity contribution >= 4 is 5.82 Å². The van der Waals surface area contributed by atoms with Gasteiger partial charge < -0.3 is 9.47 Å². The Morgan fingerprint density at radius 3 is 2.91 bits per heavy atom. The number of hydrogen-bond donors (Lipinski definition) is 0. The standard InChI is InChI=1S/C17H20N6/c1-12-4-7-16(20-15(12)9-18)22-8-2-3-13(10-22)17-21-19-11-23(17)14-5-6-14/h4,7,11,13-14H,2-3,5-6,8,10H2,1H3. The van der Waals surface area contributed by atoms with Gasteiger partial charge in [-0.15, -0.1) is 10.2 Å². The molecular weight excluding hydrogens is 288 g/mol. The molecule has 2 fully saturated rings. The molecule has 2 aromatic rings. The maximum absolute atomic E-state index is 9.20. The van der Waals surface area contributed by atoms with Gasteiger partial charge in [-0.2, -0.15) is 5.26 Å². The average Bonchev–Trinajstić information content (AvgIpc) is 3.32.